The molecule has 132 valence electrons. The predicted molar refractivity (Wildman–Crippen MR) is 98.3 cm³/mol. The average Bonchev–Trinajstić information content (AvgIpc) is 2.68. The number of ether oxygens (including phenoxy) is 3. The minimum atomic E-state index is -0.108. The van der Waals surface area contributed by atoms with Crippen molar-refractivity contribution in [3.63, 3.8) is 0 Å². The number of benzene rings is 2. The van der Waals surface area contributed by atoms with E-state index in [9.17, 15) is 4.79 Å². The van der Waals surface area contributed by atoms with Gasteiger partial charge in [0.05, 0.1) is 33.5 Å². The second-order valence-corrected chi connectivity index (χ2v) is 6.49. The van der Waals surface area contributed by atoms with Crippen molar-refractivity contribution in [2.24, 2.45) is 0 Å². The maximum Gasteiger partial charge on any atom is 0.254 e. The van der Waals surface area contributed by atoms with Crippen molar-refractivity contribution in [1.82, 2.24) is 4.90 Å². The molecule has 0 spiro atoms. The quantitative estimate of drug-likeness (QED) is 0.778. The topological polar surface area (TPSA) is 48.0 Å². The Morgan fingerprint density at radius 3 is 2.40 bits per heavy atom. The van der Waals surface area contributed by atoms with E-state index in [1.807, 2.05) is 35.2 Å². The summed E-state index contributed by atoms with van der Waals surface area (Å²) in [6.45, 7) is 1.56. The molecule has 1 fully saturated rings. The highest BCUT2D eigenvalue weighted by Gasteiger charge is 2.30. The fourth-order valence-electron chi connectivity index (χ4n) is 2.96. The number of rotatable bonds is 4. The molecule has 1 amide bonds. The molecule has 3 rings (SSSR count). The zero-order valence-corrected chi connectivity index (χ0v) is 15.8. The highest BCUT2D eigenvalue weighted by Crippen LogP contribution is 2.36. The highest BCUT2D eigenvalue weighted by atomic mass is 79.9. The van der Waals surface area contributed by atoms with Crippen molar-refractivity contribution >= 4 is 21.8 Å². The Kier molecular flexibility index (Phi) is 5.60. The number of halogens is 1. The Morgan fingerprint density at radius 1 is 1.16 bits per heavy atom. The molecule has 0 radical (unpaired) electrons. The van der Waals surface area contributed by atoms with Gasteiger partial charge in [-0.2, -0.15) is 0 Å². The van der Waals surface area contributed by atoms with Crippen LogP contribution in [0.15, 0.2) is 46.9 Å². The van der Waals surface area contributed by atoms with E-state index in [1.165, 1.54) is 0 Å². The summed E-state index contributed by atoms with van der Waals surface area (Å²) in [6.07, 6.45) is 0. The predicted octanol–water partition coefficient (Wildman–Crippen LogP) is 3.68. The van der Waals surface area contributed by atoms with Gasteiger partial charge in [0.1, 0.15) is 16.0 Å². The van der Waals surface area contributed by atoms with Gasteiger partial charge in [-0.05, 0) is 33.6 Å². The first-order valence-corrected chi connectivity index (χ1v) is 8.80. The minimum absolute atomic E-state index is 0.0683. The smallest absolute Gasteiger partial charge is 0.254 e. The fourth-order valence-corrected chi connectivity index (χ4v) is 3.51. The van der Waals surface area contributed by atoms with E-state index in [0.717, 1.165) is 5.56 Å². The highest BCUT2D eigenvalue weighted by molar-refractivity contribution is 9.10. The average molecular weight is 406 g/mol. The second kappa shape index (κ2) is 7.89. The first kappa shape index (κ1) is 17.8. The molecule has 0 unspecified atom stereocenters. The van der Waals surface area contributed by atoms with E-state index in [0.29, 0.717) is 41.3 Å². The van der Waals surface area contributed by atoms with Crippen molar-refractivity contribution < 1.29 is 19.0 Å². The lowest BCUT2D eigenvalue weighted by atomic mass is 10.0. The molecule has 0 aromatic heterocycles. The van der Waals surface area contributed by atoms with Crippen LogP contribution >= 0.6 is 15.9 Å². The Labute approximate surface area is 155 Å². The van der Waals surface area contributed by atoms with Crippen LogP contribution in [0.2, 0.25) is 0 Å². The summed E-state index contributed by atoms with van der Waals surface area (Å²) in [5, 5.41) is 0. The van der Waals surface area contributed by atoms with E-state index in [1.54, 1.807) is 26.4 Å². The summed E-state index contributed by atoms with van der Waals surface area (Å²) in [4.78, 5) is 15.0. The van der Waals surface area contributed by atoms with E-state index in [4.69, 9.17) is 14.2 Å². The number of carbonyl (C=O) groups is 1. The van der Waals surface area contributed by atoms with Crippen LogP contribution < -0.4 is 9.47 Å². The Bertz CT molecular complexity index is 725. The first-order valence-electron chi connectivity index (χ1n) is 8.01. The lowest BCUT2D eigenvalue weighted by Crippen LogP contribution is -2.43. The number of methoxy groups -OCH3 is 2. The molecule has 25 heavy (non-hydrogen) atoms. The molecule has 0 saturated carbocycles. The number of hydrogen-bond donors (Lipinski definition) is 0. The van der Waals surface area contributed by atoms with Crippen LogP contribution in [0.1, 0.15) is 22.0 Å². The van der Waals surface area contributed by atoms with Gasteiger partial charge in [-0.1, -0.05) is 30.3 Å². The SMILES string of the molecule is COc1cc(C(=O)N2CCOC[C@H]2c2ccccc2)cc(OC)c1Br. The Morgan fingerprint density at radius 2 is 1.80 bits per heavy atom. The summed E-state index contributed by atoms with van der Waals surface area (Å²) in [5.74, 6) is 1.06. The molecular weight excluding hydrogens is 386 g/mol. The maximum atomic E-state index is 13.2. The molecule has 1 aliphatic heterocycles. The molecule has 6 heteroatoms. The molecule has 0 N–H and O–H groups in total. The van der Waals surface area contributed by atoms with Crippen LogP contribution in [-0.4, -0.2) is 44.8 Å². The molecule has 1 heterocycles. The summed E-state index contributed by atoms with van der Waals surface area (Å²) in [5.41, 5.74) is 1.59. The van der Waals surface area contributed by atoms with Crippen LogP contribution in [0.25, 0.3) is 0 Å². The van der Waals surface area contributed by atoms with Gasteiger partial charge in [-0.3, -0.25) is 4.79 Å². The third-order valence-electron chi connectivity index (χ3n) is 4.27. The molecular formula is C19H20BrNO4. The molecule has 2 aromatic rings. The maximum absolute atomic E-state index is 13.2. The summed E-state index contributed by atoms with van der Waals surface area (Å²) >= 11 is 3.43. The number of nitrogens with zero attached hydrogens (tertiary/aromatic N) is 1. The monoisotopic (exact) mass is 405 g/mol. The third-order valence-corrected chi connectivity index (χ3v) is 5.05. The van der Waals surface area contributed by atoms with Gasteiger partial charge in [-0.25, -0.2) is 0 Å². The van der Waals surface area contributed by atoms with Crippen LogP contribution in [0.5, 0.6) is 11.5 Å². The molecule has 0 aliphatic carbocycles. The van der Waals surface area contributed by atoms with Crippen molar-refractivity contribution in [1.29, 1.82) is 0 Å². The molecule has 1 aliphatic rings. The molecule has 2 aromatic carbocycles. The number of hydrogen-bond acceptors (Lipinski definition) is 4. The lowest BCUT2D eigenvalue weighted by molar-refractivity contribution is -0.00272. The van der Waals surface area contributed by atoms with Crippen LogP contribution in [0.4, 0.5) is 0 Å². The molecule has 5 nitrogen and oxygen atoms in total. The van der Waals surface area contributed by atoms with Crippen LogP contribution in [-0.2, 0) is 4.74 Å². The Hall–Kier alpha value is -2.05. The molecule has 0 bridgehead atoms. The van der Waals surface area contributed by atoms with E-state index < -0.39 is 0 Å². The van der Waals surface area contributed by atoms with Crippen molar-refractivity contribution in [2.45, 2.75) is 6.04 Å². The zero-order valence-electron chi connectivity index (χ0n) is 14.2. The van der Waals surface area contributed by atoms with Gasteiger partial charge in [0.25, 0.3) is 5.91 Å². The number of morpholine rings is 1. The lowest BCUT2D eigenvalue weighted by Gasteiger charge is -2.36. The minimum Gasteiger partial charge on any atom is -0.495 e. The van der Waals surface area contributed by atoms with Crippen molar-refractivity contribution in [2.75, 3.05) is 34.0 Å². The van der Waals surface area contributed by atoms with Crippen LogP contribution in [0.3, 0.4) is 0 Å². The zero-order chi connectivity index (χ0) is 17.8. The normalized spacial score (nSPS) is 17.2. The summed E-state index contributed by atoms with van der Waals surface area (Å²) < 4.78 is 17.0. The summed E-state index contributed by atoms with van der Waals surface area (Å²) in [6, 6.07) is 13.3. The van der Waals surface area contributed by atoms with E-state index in [-0.39, 0.29) is 11.9 Å². The number of carbonyl (C=O) groups excluding carboxylic acids is 1. The summed E-state index contributed by atoms with van der Waals surface area (Å²) in [7, 11) is 3.13. The third kappa shape index (κ3) is 3.65. The van der Waals surface area contributed by atoms with Gasteiger partial charge in [0.15, 0.2) is 0 Å². The standard InChI is InChI=1S/C19H20BrNO4/c1-23-16-10-14(11-17(24-2)18(16)20)19(22)21-8-9-25-12-15(21)13-6-4-3-5-7-13/h3-7,10-11,15H,8-9,12H2,1-2H3/t15-/m0/s1. The van der Waals surface area contributed by atoms with E-state index in [2.05, 4.69) is 15.9 Å². The van der Waals surface area contributed by atoms with Gasteiger partial charge in [0, 0.05) is 12.1 Å². The van der Waals surface area contributed by atoms with Crippen molar-refractivity contribution in [3.8, 4) is 11.5 Å². The second-order valence-electron chi connectivity index (χ2n) is 5.69. The fraction of sp³-hybridized carbons (Fsp3) is 0.316. The largest absolute Gasteiger partial charge is 0.495 e. The van der Waals surface area contributed by atoms with Crippen molar-refractivity contribution in [3.05, 3.63) is 58.1 Å². The number of amides is 1. The van der Waals surface area contributed by atoms with Gasteiger partial charge < -0.3 is 19.1 Å². The first-order chi connectivity index (χ1) is 12.2. The van der Waals surface area contributed by atoms with E-state index >= 15 is 0 Å². The van der Waals surface area contributed by atoms with Gasteiger partial charge in [-0.15, -0.1) is 0 Å². The molecule has 1 saturated heterocycles. The Balaban J connectivity index is 1.95. The van der Waals surface area contributed by atoms with Gasteiger partial charge >= 0.3 is 0 Å². The molecule has 1 atom stereocenters. The van der Waals surface area contributed by atoms with Gasteiger partial charge in [0.2, 0.25) is 0 Å². The van der Waals surface area contributed by atoms with Crippen LogP contribution in [0, 0.1) is 0 Å².